The topological polar surface area (TPSA) is 36.9 Å². The lowest BCUT2D eigenvalue weighted by Gasteiger charge is -2.09. The molecule has 1 rings (SSSR count). The molecular weight excluding hydrogens is 340 g/mol. The quantitative estimate of drug-likeness (QED) is 0.309. The van der Waals surface area contributed by atoms with Crippen LogP contribution in [0.1, 0.15) is 58.6 Å². The van der Waals surface area contributed by atoms with Crippen LogP contribution in [0, 0.1) is 0 Å². The fourth-order valence-electron chi connectivity index (χ4n) is 2.28. The smallest absolute Gasteiger partial charge is 0.111 e. The van der Waals surface area contributed by atoms with E-state index in [0.29, 0.717) is 26.4 Å². The summed E-state index contributed by atoms with van der Waals surface area (Å²) in [5.74, 6) is 0. The first-order valence-electron chi connectivity index (χ1n) is 9.91. The van der Waals surface area contributed by atoms with Gasteiger partial charge < -0.3 is 18.9 Å². The molecule has 4 nitrogen and oxygen atoms in total. The maximum Gasteiger partial charge on any atom is 0.111 e. The first-order valence-corrected chi connectivity index (χ1v) is 9.91. The molecule has 0 bridgehead atoms. The summed E-state index contributed by atoms with van der Waals surface area (Å²) in [4.78, 5) is 0. The average molecular weight is 377 g/mol. The molecule has 0 aromatic heterocycles. The van der Waals surface area contributed by atoms with E-state index in [0.717, 1.165) is 36.2 Å². The first-order chi connectivity index (χ1) is 13.0. The van der Waals surface area contributed by atoms with E-state index in [-0.39, 0.29) is 6.10 Å². The van der Waals surface area contributed by atoms with Gasteiger partial charge in [-0.3, -0.25) is 0 Å². The summed E-state index contributed by atoms with van der Waals surface area (Å²) < 4.78 is 22.0. The van der Waals surface area contributed by atoms with Crippen LogP contribution in [-0.4, -0.2) is 39.1 Å². The van der Waals surface area contributed by atoms with Crippen molar-refractivity contribution >= 4 is 11.1 Å². The van der Waals surface area contributed by atoms with Gasteiger partial charge in [0.1, 0.15) is 6.61 Å². The highest BCUT2D eigenvalue weighted by molar-refractivity contribution is 5.68. The van der Waals surface area contributed by atoms with Gasteiger partial charge in [-0.2, -0.15) is 0 Å². The molecule has 0 heterocycles. The van der Waals surface area contributed by atoms with Gasteiger partial charge in [0.15, 0.2) is 0 Å². The Bertz CT molecular complexity index is 558. The number of benzene rings is 1. The van der Waals surface area contributed by atoms with E-state index in [4.69, 9.17) is 18.9 Å². The fraction of sp³-hybridized carbons (Fsp3) is 0.565. The van der Waals surface area contributed by atoms with Gasteiger partial charge in [-0.05, 0) is 56.4 Å². The highest BCUT2D eigenvalue weighted by atomic mass is 16.5. The molecule has 152 valence electrons. The van der Waals surface area contributed by atoms with Gasteiger partial charge in [0.2, 0.25) is 0 Å². The summed E-state index contributed by atoms with van der Waals surface area (Å²) in [7, 11) is 0. The second-order valence-corrected chi connectivity index (χ2v) is 6.81. The molecular formula is C23H36O4. The van der Waals surface area contributed by atoms with Gasteiger partial charge in [-0.15, -0.1) is 0 Å². The molecule has 0 saturated carbocycles. The summed E-state index contributed by atoms with van der Waals surface area (Å²) in [6.45, 7) is 13.4. The van der Waals surface area contributed by atoms with Crippen molar-refractivity contribution < 1.29 is 18.9 Å². The Morgan fingerprint density at radius 3 is 1.85 bits per heavy atom. The number of rotatable bonds is 14. The van der Waals surface area contributed by atoms with Gasteiger partial charge in [0.25, 0.3) is 0 Å². The number of hydrogen-bond donors (Lipinski definition) is 0. The molecule has 0 aliphatic carbocycles. The number of ether oxygens (including phenoxy) is 4. The fourth-order valence-corrected chi connectivity index (χ4v) is 2.28. The summed E-state index contributed by atoms with van der Waals surface area (Å²) in [6, 6.07) is 8.43. The van der Waals surface area contributed by atoms with E-state index in [1.165, 1.54) is 5.56 Å². The van der Waals surface area contributed by atoms with Crippen molar-refractivity contribution in [2.24, 2.45) is 0 Å². The van der Waals surface area contributed by atoms with Crippen LogP contribution in [0.4, 0.5) is 0 Å². The molecule has 0 saturated heterocycles. The predicted octanol–water partition coefficient (Wildman–Crippen LogP) is 5.68. The lowest BCUT2D eigenvalue weighted by atomic mass is 10.0. The maximum atomic E-state index is 5.57. The molecule has 0 atom stereocenters. The SMILES string of the molecule is CCCCOC=C(C)c1ccc(C(C)=COCCOCCOC(C)C)cc1. The third kappa shape index (κ3) is 10.8. The highest BCUT2D eigenvalue weighted by Gasteiger charge is 2.00. The molecule has 0 radical (unpaired) electrons. The Balaban J connectivity index is 2.34. The lowest BCUT2D eigenvalue weighted by molar-refractivity contribution is 0.00884. The van der Waals surface area contributed by atoms with Crippen molar-refractivity contribution in [3.05, 3.63) is 47.9 Å². The Labute approximate surface area is 165 Å². The third-order valence-electron chi connectivity index (χ3n) is 3.96. The van der Waals surface area contributed by atoms with Crippen molar-refractivity contribution in [1.82, 2.24) is 0 Å². The van der Waals surface area contributed by atoms with E-state index in [9.17, 15) is 0 Å². The molecule has 1 aromatic carbocycles. The molecule has 4 heteroatoms. The van der Waals surface area contributed by atoms with Crippen LogP contribution in [-0.2, 0) is 18.9 Å². The summed E-state index contributed by atoms with van der Waals surface area (Å²) in [6.07, 6.45) is 6.12. The van der Waals surface area contributed by atoms with E-state index < -0.39 is 0 Å². The van der Waals surface area contributed by atoms with Crippen LogP contribution in [0.25, 0.3) is 11.1 Å². The van der Waals surface area contributed by atoms with Crippen LogP contribution >= 0.6 is 0 Å². The highest BCUT2D eigenvalue weighted by Crippen LogP contribution is 2.19. The van der Waals surface area contributed by atoms with E-state index in [2.05, 4.69) is 38.1 Å². The largest absolute Gasteiger partial charge is 0.501 e. The monoisotopic (exact) mass is 376 g/mol. The molecule has 0 aliphatic rings. The molecule has 0 spiro atoms. The molecule has 0 unspecified atom stereocenters. The van der Waals surface area contributed by atoms with Crippen molar-refractivity contribution in [3.8, 4) is 0 Å². The number of unbranched alkanes of at least 4 members (excludes halogenated alkanes) is 1. The Kier molecular flexibility index (Phi) is 12.3. The molecule has 0 amide bonds. The molecule has 0 aliphatic heterocycles. The predicted molar refractivity (Wildman–Crippen MR) is 112 cm³/mol. The van der Waals surface area contributed by atoms with Gasteiger partial charge >= 0.3 is 0 Å². The van der Waals surface area contributed by atoms with Gasteiger partial charge in [0, 0.05) is 0 Å². The van der Waals surface area contributed by atoms with Crippen molar-refractivity contribution in [2.45, 2.75) is 53.6 Å². The maximum absolute atomic E-state index is 5.57. The van der Waals surface area contributed by atoms with Crippen molar-refractivity contribution in [1.29, 1.82) is 0 Å². The minimum atomic E-state index is 0.245. The summed E-state index contributed by atoms with van der Waals surface area (Å²) >= 11 is 0. The van der Waals surface area contributed by atoms with Crippen LogP contribution in [0.15, 0.2) is 36.8 Å². The zero-order chi connectivity index (χ0) is 19.9. The Morgan fingerprint density at radius 2 is 1.33 bits per heavy atom. The summed E-state index contributed by atoms with van der Waals surface area (Å²) in [5.41, 5.74) is 4.53. The standard InChI is InChI=1S/C23H36O4/c1-6-7-12-25-17-20(4)22-8-10-23(11-9-22)21(5)18-26-14-13-24-15-16-27-19(2)3/h8-11,17-19H,6-7,12-16H2,1-5H3. The number of allylic oxidation sites excluding steroid dienone is 2. The average Bonchev–Trinajstić information content (AvgIpc) is 2.67. The Morgan fingerprint density at radius 1 is 0.815 bits per heavy atom. The molecule has 0 fully saturated rings. The molecule has 27 heavy (non-hydrogen) atoms. The van der Waals surface area contributed by atoms with Crippen molar-refractivity contribution in [2.75, 3.05) is 33.0 Å². The van der Waals surface area contributed by atoms with Gasteiger partial charge in [-0.25, -0.2) is 0 Å². The second kappa shape index (κ2) is 14.3. The normalized spacial score (nSPS) is 12.5. The van der Waals surface area contributed by atoms with Crippen LogP contribution in [0.2, 0.25) is 0 Å². The number of hydrogen-bond acceptors (Lipinski definition) is 4. The molecule has 0 N–H and O–H groups in total. The van der Waals surface area contributed by atoms with Crippen LogP contribution in [0.5, 0.6) is 0 Å². The van der Waals surface area contributed by atoms with E-state index >= 15 is 0 Å². The minimum absolute atomic E-state index is 0.245. The van der Waals surface area contributed by atoms with E-state index in [1.54, 1.807) is 6.26 Å². The summed E-state index contributed by atoms with van der Waals surface area (Å²) in [5, 5.41) is 0. The van der Waals surface area contributed by atoms with Gasteiger partial charge in [-0.1, -0.05) is 37.6 Å². The zero-order valence-electron chi connectivity index (χ0n) is 17.6. The van der Waals surface area contributed by atoms with Crippen molar-refractivity contribution in [3.63, 3.8) is 0 Å². The third-order valence-corrected chi connectivity index (χ3v) is 3.96. The van der Waals surface area contributed by atoms with E-state index in [1.807, 2.05) is 27.0 Å². The zero-order valence-corrected chi connectivity index (χ0v) is 17.6. The first kappa shape index (κ1) is 23.3. The lowest BCUT2D eigenvalue weighted by Crippen LogP contribution is -2.11. The minimum Gasteiger partial charge on any atom is -0.501 e. The molecule has 1 aromatic rings. The second-order valence-electron chi connectivity index (χ2n) is 6.81. The van der Waals surface area contributed by atoms with Crippen LogP contribution < -0.4 is 0 Å². The van der Waals surface area contributed by atoms with Gasteiger partial charge in [0.05, 0.1) is 45.1 Å². The van der Waals surface area contributed by atoms with Crippen LogP contribution in [0.3, 0.4) is 0 Å². The Hall–Kier alpha value is -1.78.